The van der Waals surface area contributed by atoms with Crippen LogP contribution in [0.25, 0.3) is 0 Å². The molecule has 162 valence electrons. The summed E-state index contributed by atoms with van der Waals surface area (Å²) < 4.78 is 27.3. The van der Waals surface area contributed by atoms with Gasteiger partial charge < -0.3 is 5.11 Å². The number of aliphatic hydroxyl groups excluding tert-OH is 1. The quantitative estimate of drug-likeness (QED) is 0.550. The van der Waals surface area contributed by atoms with Crippen LogP contribution in [-0.4, -0.2) is 37.6 Å². The maximum atomic E-state index is 12.9. The predicted octanol–water partition coefficient (Wildman–Crippen LogP) is 3.00. The molecule has 1 unspecified atom stereocenters. The SMILES string of the molecule is C[C@]12CC[C@H]3[C@@H](CCC4=CC(=O)CC[C@@]43C)[C@@H]1CC[C@@H]2C(=O)C(O)OS(C)(=O)=O. The minimum Gasteiger partial charge on any atom is -0.361 e. The molecule has 29 heavy (non-hydrogen) atoms. The summed E-state index contributed by atoms with van der Waals surface area (Å²) in [6.07, 6.45) is 7.86. The summed E-state index contributed by atoms with van der Waals surface area (Å²) in [5.74, 6) is 0.807. The van der Waals surface area contributed by atoms with Crippen LogP contribution < -0.4 is 0 Å². The molecule has 0 aliphatic heterocycles. The average Bonchev–Trinajstić information content (AvgIpc) is 2.97. The molecular weight excluding hydrogens is 392 g/mol. The summed E-state index contributed by atoms with van der Waals surface area (Å²) in [7, 11) is -3.90. The largest absolute Gasteiger partial charge is 0.361 e. The first-order valence-corrected chi connectivity index (χ1v) is 12.6. The van der Waals surface area contributed by atoms with Crippen molar-refractivity contribution in [2.45, 2.75) is 71.5 Å². The normalized spacial score (nSPS) is 43.0. The summed E-state index contributed by atoms with van der Waals surface area (Å²) in [6, 6.07) is 0. The van der Waals surface area contributed by atoms with Gasteiger partial charge in [-0.2, -0.15) is 8.42 Å². The van der Waals surface area contributed by atoms with Gasteiger partial charge >= 0.3 is 0 Å². The lowest BCUT2D eigenvalue weighted by molar-refractivity contribution is -0.151. The highest BCUT2D eigenvalue weighted by molar-refractivity contribution is 7.86. The maximum absolute atomic E-state index is 12.9. The van der Waals surface area contributed by atoms with E-state index in [1.54, 1.807) is 0 Å². The Kier molecular flexibility index (Phi) is 5.11. The van der Waals surface area contributed by atoms with E-state index in [4.69, 9.17) is 0 Å². The van der Waals surface area contributed by atoms with E-state index < -0.39 is 22.2 Å². The van der Waals surface area contributed by atoms with Gasteiger partial charge in [0.15, 0.2) is 11.6 Å². The van der Waals surface area contributed by atoms with Crippen molar-refractivity contribution < 1.29 is 27.3 Å². The van der Waals surface area contributed by atoms with Gasteiger partial charge in [-0.1, -0.05) is 19.4 Å². The third-order valence-corrected chi connectivity index (χ3v) is 9.35. The van der Waals surface area contributed by atoms with E-state index in [2.05, 4.69) is 18.0 Å². The van der Waals surface area contributed by atoms with Crippen molar-refractivity contribution in [1.29, 1.82) is 0 Å². The Bertz CT molecular complexity index is 861. The smallest absolute Gasteiger partial charge is 0.267 e. The highest BCUT2D eigenvalue weighted by Gasteiger charge is 2.60. The van der Waals surface area contributed by atoms with E-state index >= 15 is 0 Å². The van der Waals surface area contributed by atoms with Crippen LogP contribution in [0, 0.1) is 34.5 Å². The minimum absolute atomic E-state index is 0.0825. The second kappa shape index (κ2) is 6.99. The molecule has 4 aliphatic rings. The molecule has 0 saturated heterocycles. The summed E-state index contributed by atoms with van der Waals surface area (Å²) >= 11 is 0. The molecule has 1 N–H and O–H groups in total. The van der Waals surface area contributed by atoms with Crippen molar-refractivity contribution in [2.75, 3.05) is 6.26 Å². The number of ketones is 2. The lowest BCUT2D eigenvalue weighted by atomic mass is 9.46. The molecule has 0 bridgehead atoms. The maximum Gasteiger partial charge on any atom is 0.267 e. The number of carbonyl (C=O) groups is 2. The fourth-order valence-electron chi connectivity index (χ4n) is 7.41. The highest BCUT2D eigenvalue weighted by atomic mass is 32.2. The molecule has 0 radical (unpaired) electrons. The first-order chi connectivity index (χ1) is 13.5. The third kappa shape index (κ3) is 3.43. The number of aliphatic hydroxyl groups is 1. The topological polar surface area (TPSA) is 97.7 Å². The second-order valence-electron chi connectivity index (χ2n) is 10.2. The first-order valence-electron chi connectivity index (χ1n) is 10.8. The Morgan fingerprint density at radius 2 is 1.86 bits per heavy atom. The Morgan fingerprint density at radius 3 is 2.55 bits per heavy atom. The van der Waals surface area contributed by atoms with Gasteiger partial charge in [-0.3, -0.25) is 9.59 Å². The van der Waals surface area contributed by atoms with Gasteiger partial charge in [0.25, 0.3) is 10.1 Å². The van der Waals surface area contributed by atoms with Gasteiger partial charge in [0.05, 0.1) is 6.26 Å². The summed E-state index contributed by atoms with van der Waals surface area (Å²) in [4.78, 5) is 24.8. The number of rotatable bonds is 4. The standard InChI is InChI=1S/C22H32O6S/c1-21-10-8-14(23)12-13(21)4-5-15-16-6-7-18(22(16,2)11-9-17(15)21)19(24)20(25)28-29(3,26)27/h12,15-18,20,25H,4-11H2,1-3H3/t15-,16-,17-,18+,20?,21-,22-/m0/s1. The molecule has 0 aromatic heterocycles. The Labute approximate surface area is 173 Å². The number of hydrogen-bond donors (Lipinski definition) is 1. The molecular formula is C22H32O6S. The van der Waals surface area contributed by atoms with Crippen LogP contribution in [0.2, 0.25) is 0 Å². The van der Waals surface area contributed by atoms with E-state index in [1.807, 2.05) is 6.08 Å². The molecule has 0 amide bonds. The zero-order valence-electron chi connectivity index (χ0n) is 17.5. The van der Waals surface area contributed by atoms with Crippen LogP contribution >= 0.6 is 0 Å². The molecule has 0 spiro atoms. The van der Waals surface area contributed by atoms with Crippen molar-refractivity contribution in [3.05, 3.63) is 11.6 Å². The number of allylic oxidation sites excluding steroid dienone is 1. The average molecular weight is 425 g/mol. The molecule has 3 saturated carbocycles. The molecule has 4 aliphatic carbocycles. The molecule has 0 aromatic carbocycles. The van der Waals surface area contributed by atoms with Gasteiger partial charge in [0.2, 0.25) is 6.29 Å². The highest BCUT2D eigenvalue weighted by Crippen LogP contribution is 2.66. The first kappa shape index (κ1) is 21.2. The van der Waals surface area contributed by atoms with Gasteiger partial charge in [-0.25, -0.2) is 4.18 Å². The molecule has 3 fully saturated rings. The van der Waals surface area contributed by atoms with E-state index in [0.717, 1.165) is 44.8 Å². The van der Waals surface area contributed by atoms with Crippen molar-refractivity contribution in [3.8, 4) is 0 Å². The van der Waals surface area contributed by atoms with Crippen LogP contribution in [0.5, 0.6) is 0 Å². The van der Waals surface area contributed by atoms with Crippen LogP contribution in [0.15, 0.2) is 11.6 Å². The monoisotopic (exact) mass is 424 g/mol. The Balaban J connectivity index is 1.57. The molecule has 7 atom stereocenters. The number of fused-ring (bicyclic) bond motifs is 5. The fraction of sp³-hybridized carbons (Fsp3) is 0.818. The van der Waals surface area contributed by atoms with Crippen molar-refractivity contribution in [3.63, 3.8) is 0 Å². The number of Topliss-reactive ketones (excluding diaryl/α,β-unsaturated/α-hetero) is 1. The van der Waals surface area contributed by atoms with Gasteiger partial charge in [0, 0.05) is 12.3 Å². The van der Waals surface area contributed by atoms with E-state index in [0.29, 0.717) is 30.6 Å². The third-order valence-electron chi connectivity index (χ3n) is 8.81. The summed E-state index contributed by atoms with van der Waals surface area (Å²) in [6.45, 7) is 4.47. The lowest BCUT2D eigenvalue weighted by Gasteiger charge is -2.58. The van der Waals surface area contributed by atoms with E-state index in [1.165, 1.54) is 5.57 Å². The fourth-order valence-corrected chi connectivity index (χ4v) is 7.84. The van der Waals surface area contributed by atoms with Crippen LogP contribution in [0.1, 0.15) is 65.2 Å². The molecule has 0 heterocycles. The van der Waals surface area contributed by atoms with E-state index in [-0.39, 0.29) is 22.5 Å². The van der Waals surface area contributed by atoms with Crippen LogP contribution in [-0.2, 0) is 23.9 Å². The van der Waals surface area contributed by atoms with Gasteiger partial charge in [-0.15, -0.1) is 0 Å². The van der Waals surface area contributed by atoms with Gasteiger partial charge in [-0.05, 0) is 79.6 Å². The summed E-state index contributed by atoms with van der Waals surface area (Å²) in [5, 5.41) is 10.1. The van der Waals surface area contributed by atoms with Crippen LogP contribution in [0.4, 0.5) is 0 Å². The minimum atomic E-state index is -3.90. The Hall–Kier alpha value is -1.05. The van der Waals surface area contributed by atoms with E-state index in [9.17, 15) is 23.1 Å². The van der Waals surface area contributed by atoms with Crippen LogP contribution in [0.3, 0.4) is 0 Å². The zero-order valence-corrected chi connectivity index (χ0v) is 18.3. The Morgan fingerprint density at radius 1 is 1.14 bits per heavy atom. The molecule has 7 heteroatoms. The number of carbonyl (C=O) groups excluding carboxylic acids is 2. The molecule has 4 rings (SSSR count). The zero-order chi connectivity index (χ0) is 21.2. The molecule has 0 aromatic rings. The number of hydrogen-bond acceptors (Lipinski definition) is 6. The van der Waals surface area contributed by atoms with Crippen molar-refractivity contribution >= 4 is 21.7 Å². The predicted molar refractivity (Wildman–Crippen MR) is 107 cm³/mol. The second-order valence-corrected chi connectivity index (χ2v) is 11.8. The van der Waals surface area contributed by atoms with Crippen molar-refractivity contribution in [1.82, 2.24) is 0 Å². The lowest BCUT2D eigenvalue weighted by Crippen LogP contribution is -2.51. The summed E-state index contributed by atoms with van der Waals surface area (Å²) in [5.41, 5.74) is 1.17. The molecule has 6 nitrogen and oxygen atoms in total. The van der Waals surface area contributed by atoms with Gasteiger partial charge in [0.1, 0.15) is 0 Å². The van der Waals surface area contributed by atoms with Crippen molar-refractivity contribution in [2.24, 2.45) is 34.5 Å².